The van der Waals surface area contributed by atoms with Gasteiger partial charge >= 0.3 is 6.03 Å². The second-order valence-corrected chi connectivity index (χ2v) is 6.57. The van der Waals surface area contributed by atoms with Gasteiger partial charge < -0.3 is 9.15 Å². The average Bonchev–Trinajstić information content (AvgIpc) is 3.11. The molecule has 0 aliphatic carbocycles. The molecule has 0 atom stereocenters. The monoisotopic (exact) mass is 466 g/mol. The summed E-state index contributed by atoms with van der Waals surface area (Å²) in [6.45, 7) is 2.38. The molecule has 1 aliphatic rings. The summed E-state index contributed by atoms with van der Waals surface area (Å²) in [5.41, 5.74) is 0.541. The van der Waals surface area contributed by atoms with Gasteiger partial charge in [0.1, 0.15) is 17.1 Å². The van der Waals surface area contributed by atoms with Gasteiger partial charge in [-0.2, -0.15) is 0 Å². The van der Waals surface area contributed by atoms with Crippen molar-refractivity contribution >= 4 is 46.5 Å². The predicted molar refractivity (Wildman–Crippen MR) is 101 cm³/mol. The number of carbonyl (C=O) groups is 3. The molecule has 0 unspecified atom stereocenters. The number of urea groups is 1. The topological polar surface area (TPSA) is 88.8 Å². The summed E-state index contributed by atoms with van der Waals surface area (Å²) >= 11 is 2.12. The van der Waals surface area contributed by atoms with Gasteiger partial charge in [-0.25, -0.2) is 4.79 Å². The van der Waals surface area contributed by atoms with Crippen LogP contribution in [0, 0.1) is 3.57 Å². The molecule has 1 aromatic heterocycles. The first-order chi connectivity index (χ1) is 12.5. The molecule has 0 spiro atoms. The number of barbiturate groups is 1. The highest BCUT2D eigenvalue weighted by Gasteiger charge is 2.36. The Hall–Kier alpha value is -2.62. The van der Waals surface area contributed by atoms with E-state index in [9.17, 15) is 14.4 Å². The Morgan fingerprint density at radius 3 is 2.73 bits per heavy atom. The zero-order valence-corrected chi connectivity index (χ0v) is 16.0. The van der Waals surface area contributed by atoms with Crippen molar-refractivity contribution < 1.29 is 23.5 Å². The maximum atomic E-state index is 12.6. The smallest absolute Gasteiger partial charge is 0.331 e. The summed E-state index contributed by atoms with van der Waals surface area (Å²) in [5.74, 6) is -0.222. The first-order valence-electron chi connectivity index (χ1n) is 7.83. The number of amides is 4. The summed E-state index contributed by atoms with van der Waals surface area (Å²) in [4.78, 5) is 37.7. The van der Waals surface area contributed by atoms with Gasteiger partial charge in [0.2, 0.25) is 0 Å². The summed E-state index contributed by atoms with van der Waals surface area (Å²) in [6.07, 6.45) is 2.91. The first-order valence-corrected chi connectivity index (χ1v) is 8.91. The van der Waals surface area contributed by atoms with E-state index < -0.39 is 17.8 Å². The van der Waals surface area contributed by atoms with Crippen LogP contribution in [0.25, 0.3) is 6.08 Å². The number of nitrogens with zero attached hydrogens (tertiary/aromatic N) is 1. The van der Waals surface area contributed by atoms with Crippen LogP contribution in [0.5, 0.6) is 5.75 Å². The molecular weight excluding hydrogens is 451 g/mol. The minimum absolute atomic E-state index is 0.0525. The van der Waals surface area contributed by atoms with Crippen molar-refractivity contribution in [3.05, 3.63) is 57.1 Å². The molecule has 7 nitrogen and oxygen atoms in total. The van der Waals surface area contributed by atoms with Crippen LogP contribution in [-0.2, 0) is 16.1 Å². The second kappa shape index (κ2) is 7.73. The molecule has 1 aromatic carbocycles. The van der Waals surface area contributed by atoms with E-state index in [4.69, 9.17) is 9.15 Å². The molecule has 1 aliphatic heterocycles. The lowest BCUT2D eigenvalue weighted by Crippen LogP contribution is -2.53. The fourth-order valence-corrected chi connectivity index (χ4v) is 3.14. The van der Waals surface area contributed by atoms with Crippen molar-refractivity contribution in [1.82, 2.24) is 10.2 Å². The number of halogens is 1. The molecule has 3 rings (SSSR count). The van der Waals surface area contributed by atoms with Crippen molar-refractivity contribution in [2.45, 2.75) is 13.5 Å². The molecular formula is C18H15IN2O5. The van der Waals surface area contributed by atoms with Gasteiger partial charge in [-0.1, -0.05) is 6.07 Å². The van der Waals surface area contributed by atoms with Crippen LogP contribution in [0.1, 0.15) is 18.2 Å². The van der Waals surface area contributed by atoms with E-state index in [2.05, 4.69) is 27.9 Å². The molecule has 0 radical (unpaired) electrons. The molecule has 0 bridgehead atoms. The third kappa shape index (κ3) is 3.79. The average molecular weight is 466 g/mol. The number of furan rings is 1. The fourth-order valence-electron chi connectivity index (χ4n) is 2.44. The lowest BCUT2D eigenvalue weighted by Gasteiger charge is -2.25. The fraction of sp³-hybridized carbons (Fsp3) is 0.167. The molecule has 134 valence electrons. The molecule has 1 fully saturated rings. The Balaban J connectivity index is 1.88. The highest BCUT2D eigenvalue weighted by molar-refractivity contribution is 14.1. The highest BCUT2D eigenvalue weighted by Crippen LogP contribution is 2.24. The molecule has 0 saturated carbocycles. The number of hydrogen-bond donors (Lipinski definition) is 1. The van der Waals surface area contributed by atoms with E-state index in [1.165, 1.54) is 12.3 Å². The van der Waals surface area contributed by atoms with Gasteiger partial charge in [-0.3, -0.25) is 19.8 Å². The largest absolute Gasteiger partial charge is 0.493 e. The maximum Gasteiger partial charge on any atom is 0.331 e. The van der Waals surface area contributed by atoms with Gasteiger partial charge in [0, 0.05) is 0 Å². The molecule has 1 N–H and O–H groups in total. The Labute approximate surface area is 163 Å². The van der Waals surface area contributed by atoms with Crippen LogP contribution >= 0.6 is 22.6 Å². The molecule has 2 heterocycles. The maximum absolute atomic E-state index is 12.6. The van der Waals surface area contributed by atoms with Crippen LogP contribution in [0.4, 0.5) is 4.79 Å². The van der Waals surface area contributed by atoms with E-state index in [-0.39, 0.29) is 12.1 Å². The minimum atomic E-state index is -0.769. The summed E-state index contributed by atoms with van der Waals surface area (Å²) in [6, 6.07) is 7.85. The lowest BCUT2D eigenvalue weighted by molar-refractivity contribution is -0.130. The van der Waals surface area contributed by atoms with E-state index in [0.717, 1.165) is 14.2 Å². The van der Waals surface area contributed by atoms with E-state index in [1.54, 1.807) is 30.3 Å². The molecule has 1 saturated heterocycles. The van der Waals surface area contributed by atoms with Crippen molar-refractivity contribution in [3.8, 4) is 5.75 Å². The highest BCUT2D eigenvalue weighted by atomic mass is 127. The van der Waals surface area contributed by atoms with Gasteiger partial charge in [0.05, 0.1) is 23.0 Å². The standard InChI is InChI=1S/C18H15IN2O5/c1-2-25-15-6-5-11(9-14(15)19)8-13-16(22)20-18(24)21(17(13)23)10-12-4-3-7-26-12/h3-9H,2,10H2,1H3,(H,20,22,24)/b13-8+. The van der Waals surface area contributed by atoms with E-state index in [1.807, 2.05) is 6.92 Å². The molecule has 8 heteroatoms. The summed E-state index contributed by atoms with van der Waals surface area (Å²) in [7, 11) is 0. The number of hydrogen-bond acceptors (Lipinski definition) is 5. The predicted octanol–water partition coefficient (Wildman–Crippen LogP) is 2.94. The summed E-state index contributed by atoms with van der Waals surface area (Å²) in [5, 5.41) is 2.18. The Morgan fingerprint density at radius 1 is 1.27 bits per heavy atom. The van der Waals surface area contributed by atoms with Crippen molar-refractivity contribution in [3.63, 3.8) is 0 Å². The SMILES string of the molecule is CCOc1ccc(/C=C2\C(=O)NC(=O)N(Cc3ccco3)C2=O)cc1I. The normalized spacial score (nSPS) is 16.2. The summed E-state index contributed by atoms with van der Waals surface area (Å²) < 4.78 is 11.5. The van der Waals surface area contributed by atoms with Crippen LogP contribution in [0.2, 0.25) is 0 Å². The van der Waals surface area contributed by atoms with Gasteiger partial charge in [-0.15, -0.1) is 0 Å². The second-order valence-electron chi connectivity index (χ2n) is 5.41. The Kier molecular flexibility index (Phi) is 5.40. The van der Waals surface area contributed by atoms with E-state index in [0.29, 0.717) is 17.9 Å². The van der Waals surface area contributed by atoms with Crippen molar-refractivity contribution in [2.24, 2.45) is 0 Å². The zero-order chi connectivity index (χ0) is 18.7. The van der Waals surface area contributed by atoms with Gasteiger partial charge in [0.25, 0.3) is 11.8 Å². The van der Waals surface area contributed by atoms with Crippen molar-refractivity contribution in [2.75, 3.05) is 6.61 Å². The number of ether oxygens (including phenoxy) is 1. The van der Waals surface area contributed by atoms with Crippen LogP contribution in [0.15, 0.2) is 46.6 Å². The number of carbonyl (C=O) groups excluding carboxylic acids is 3. The van der Waals surface area contributed by atoms with Crippen LogP contribution in [-0.4, -0.2) is 29.4 Å². The number of imide groups is 2. The number of rotatable bonds is 5. The third-order valence-electron chi connectivity index (χ3n) is 3.65. The first kappa shape index (κ1) is 18.2. The molecule has 26 heavy (non-hydrogen) atoms. The molecule has 2 aromatic rings. The van der Waals surface area contributed by atoms with Crippen LogP contribution in [0.3, 0.4) is 0 Å². The van der Waals surface area contributed by atoms with Crippen molar-refractivity contribution in [1.29, 1.82) is 0 Å². The minimum Gasteiger partial charge on any atom is -0.493 e. The lowest BCUT2D eigenvalue weighted by atomic mass is 10.1. The van der Waals surface area contributed by atoms with Crippen LogP contribution < -0.4 is 10.1 Å². The Bertz CT molecular complexity index is 889. The van der Waals surface area contributed by atoms with Gasteiger partial charge in [0.15, 0.2) is 0 Å². The quantitative estimate of drug-likeness (QED) is 0.416. The van der Waals surface area contributed by atoms with Gasteiger partial charge in [-0.05, 0) is 65.4 Å². The molecule has 4 amide bonds. The van der Waals surface area contributed by atoms with E-state index >= 15 is 0 Å². The zero-order valence-electron chi connectivity index (χ0n) is 13.8. The Morgan fingerprint density at radius 2 is 2.08 bits per heavy atom. The number of nitrogens with one attached hydrogen (secondary N) is 1. The third-order valence-corrected chi connectivity index (χ3v) is 4.49. The number of benzene rings is 1.